The van der Waals surface area contributed by atoms with Crippen LogP contribution in [0.2, 0.25) is 0 Å². The topological polar surface area (TPSA) is 58.1 Å². The number of nitrogens with zero attached hydrogens (tertiary/aromatic N) is 3. The molecule has 1 aromatic heterocycles. The number of aromatic nitrogens is 2. The number of nitrogens with one attached hydrogen (secondary N) is 1. The molecule has 2 aliphatic rings. The van der Waals surface area contributed by atoms with Crippen molar-refractivity contribution in [2.24, 2.45) is 5.92 Å². The van der Waals surface area contributed by atoms with Crippen molar-refractivity contribution in [1.29, 1.82) is 0 Å². The van der Waals surface area contributed by atoms with Gasteiger partial charge < -0.3 is 10.2 Å². The zero-order valence-corrected chi connectivity index (χ0v) is 16.8. The van der Waals surface area contributed by atoms with Crippen molar-refractivity contribution in [2.45, 2.75) is 51.9 Å². The van der Waals surface area contributed by atoms with Gasteiger partial charge in [0.15, 0.2) is 5.82 Å². The van der Waals surface area contributed by atoms with Gasteiger partial charge in [0.05, 0.1) is 5.92 Å². The molecule has 1 aliphatic carbocycles. The van der Waals surface area contributed by atoms with Gasteiger partial charge in [0, 0.05) is 36.5 Å². The molecule has 0 bridgehead atoms. The molecule has 4 rings (SSSR count). The molecule has 28 heavy (non-hydrogen) atoms. The highest BCUT2D eigenvalue weighted by atomic mass is 16.1. The second kappa shape index (κ2) is 8.72. The van der Waals surface area contributed by atoms with Crippen LogP contribution in [0.3, 0.4) is 0 Å². The summed E-state index contributed by atoms with van der Waals surface area (Å²) in [6.07, 6.45) is 7.36. The number of carbonyl (C=O) groups excluding carboxylic acids is 1. The molecule has 0 unspecified atom stereocenters. The number of hydrogen-bond acceptors (Lipinski definition) is 4. The van der Waals surface area contributed by atoms with Crippen LogP contribution in [-0.2, 0) is 17.6 Å². The van der Waals surface area contributed by atoms with E-state index >= 15 is 0 Å². The van der Waals surface area contributed by atoms with Crippen molar-refractivity contribution >= 4 is 11.7 Å². The summed E-state index contributed by atoms with van der Waals surface area (Å²) in [6.45, 7) is 4.66. The average molecular weight is 379 g/mol. The van der Waals surface area contributed by atoms with Gasteiger partial charge in [-0.15, -0.1) is 0 Å². The molecule has 1 saturated heterocycles. The SMILES string of the molecule is CCCCNC(=O)[C@H]1CCCN(c2nc(-c3ccccc3)nc3c2CCC3)C1. The van der Waals surface area contributed by atoms with Crippen molar-refractivity contribution in [1.82, 2.24) is 15.3 Å². The molecule has 1 atom stereocenters. The molecular formula is C23H30N4O. The fourth-order valence-electron chi connectivity index (χ4n) is 4.31. The van der Waals surface area contributed by atoms with Crippen LogP contribution in [-0.4, -0.2) is 35.5 Å². The van der Waals surface area contributed by atoms with Crippen LogP contribution in [0.15, 0.2) is 30.3 Å². The number of anilines is 1. The molecule has 2 heterocycles. The Bertz CT molecular complexity index is 821. The third-order valence-corrected chi connectivity index (χ3v) is 5.86. The Kier molecular flexibility index (Phi) is 5.89. The van der Waals surface area contributed by atoms with Gasteiger partial charge in [0.2, 0.25) is 5.91 Å². The summed E-state index contributed by atoms with van der Waals surface area (Å²) in [4.78, 5) is 24.8. The Balaban J connectivity index is 1.58. The summed E-state index contributed by atoms with van der Waals surface area (Å²) in [5.74, 6) is 2.13. The number of rotatable bonds is 6. The number of fused-ring (bicyclic) bond motifs is 1. The first-order valence-electron chi connectivity index (χ1n) is 10.7. The highest BCUT2D eigenvalue weighted by molar-refractivity contribution is 5.79. The monoisotopic (exact) mass is 378 g/mol. The van der Waals surface area contributed by atoms with E-state index in [2.05, 4.69) is 29.3 Å². The van der Waals surface area contributed by atoms with Gasteiger partial charge in [0.25, 0.3) is 0 Å². The third-order valence-electron chi connectivity index (χ3n) is 5.86. The van der Waals surface area contributed by atoms with E-state index in [4.69, 9.17) is 9.97 Å². The van der Waals surface area contributed by atoms with Crippen molar-refractivity contribution in [3.63, 3.8) is 0 Å². The van der Waals surface area contributed by atoms with Gasteiger partial charge in [-0.1, -0.05) is 43.7 Å². The lowest BCUT2D eigenvalue weighted by atomic mass is 9.96. The lowest BCUT2D eigenvalue weighted by Crippen LogP contribution is -2.44. The van der Waals surface area contributed by atoms with Crippen LogP contribution < -0.4 is 10.2 Å². The van der Waals surface area contributed by atoms with Crippen molar-refractivity contribution in [3.8, 4) is 11.4 Å². The summed E-state index contributed by atoms with van der Waals surface area (Å²) in [7, 11) is 0. The van der Waals surface area contributed by atoms with E-state index in [9.17, 15) is 4.79 Å². The lowest BCUT2D eigenvalue weighted by Gasteiger charge is -2.34. The van der Waals surface area contributed by atoms with E-state index in [-0.39, 0.29) is 11.8 Å². The molecule has 5 heteroatoms. The molecule has 1 N–H and O–H groups in total. The molecule has 148 valence electrons. The zero-order valence-electron chi connectivity index (χ0n) is 16.8. The molecule has 0 saturated carbocycles. The Morgan fingerprint density at radius 2 is 2.04 bits per heavy atom. The number of unbranched alkanes of at least 4 members (excludes halogenated alkanes) is 1. The molecule has 1 aromatic carbocycles. The third kappa shape index (κ3) is 4.03. The molecular weight excluding hydrogens is 348 g/mol. The minimum absolute atomic E-state index is 0.0535. The molecule has 1 amide bonds. The number of carbonyl (C=O) groups is 1. The highest BCUT2D eigenvalue weighted by Gasteiger charge is 2.30. The van der Waals surface area contributed by atoms with Crippen LogP contribution in [0.4, 0.5) is 5.82 Å². The number of amides is 1. The van der Waals surface area contributed by atoms with Gasteiger partial charge in [-0.25, -0.2) is 9.97 Å². The number of benzene rings is 1. The fraction of sp³-hybridized carbons (Fsp3) is 0.522. The van der Waals surface area contributed by atoms with Crippen LogP contribution in [0, 0.1) is 5.92 Å². The van der Waals surface area contributed by atoms with E-state index in [0.717, 1.165) is 81.8 Å². The van der Waals surface area contributed by atoms with Gasteiger partial charge >= 0.3 is 0 Å². The lowest BCUT2D eigenvalue weighted by molar-refractivity contribution is -0.125. The van der Waals surface area contributed by atoms with Crippen LogP contribution in [0.5, 0.6) is 0 Å². The molecule has 0 spiro atoms. The Morgan fingerprint density at radius 1 is 1.18 bits per heavy atom. The second-order valence-corrected chi connectivity index (χ2v) is 7.95. The van der Waals surface area contributed by atoms with Gasteiger partial charge in [-0.2, -0.15) is 0 Å². The van der Waals surface area contributed by atoms with Gasteiger partial charge in [-0.3, -0.25) is 4.79 Å². The normalized spacial score (nSPS) is 18.8. The van der Waals surface area contributed by atoms with Crippen LogP contribution in [0.25, 0.3) is 11.4 Å². The van der Waals surface area contributed by atoms with Crippen molar-refractivity contribution in [2.75, 3.05) is 24.5 Å². The van der Waals surface area contributed by atoms with E-state index in [1.807, 2.05) is 18.2 Å². The first-order chi connectivity index (χ1) is 13.8. The van der Waals surface area contributed by atoms with Crippen LogP contribution >= 0.6 is 0 Å². The maximum Gasteiger partial charge on any atom is 0.224 e. The summed E-state index contributed by atoms with van der Waals surface area (Å²) >= 11 is 0. The van der Waals surface area contributed by atoms with Gasteiger partial charge in [-0.05, 0) is 38.5 Å². The number of hydrogen-bond donors (Lipinski definition) is 1. The quantitative estimate of drug-likeness (QED) is 0.778. The first-order valence-corrected chi connectivity index (χ1v) is 10.7. The molecule has 1 fully saturated rings. The van der Waals surface area contributed by atoms with E-state index in [1.165, 1.54) is 11.3 Å². The minimum atomic E-state index is 0.0535. The Hall–Kier alpha value is -2.43. The average Bonchev–Trinajstić information content (AvgIpc) is 3.22. The summed E-state index contributed by atoms with van der Waals surface area (Å²) in [5, 5.41) is 3.12. The molecule has 0 radical (unpaired) electrons. The summed E-state index contributed by atoms with van der Waals surface area (Å²) in [5.41, 5.74) is 3.55. The largest absolute Gasteiger partial charge is 0.356 e. The summed E-state index contributed by atoms with van der Waals surface area (Å²) < 4.78 is 0. The first kappa shape index (κ1) is 18.9. The van der Waals surface area contributed by atoms with E-state index in [0.29, 0.717) is 0 Å². The highest BCUT2D eigenvalue weighted by Crippen LogP contribution is 2.33. The smallest absolute Gasteiger partial charge is 0.224 e. The van der Waals surface area contributed by atoms with Crippen LogP contribution in [0.1, 0.15) is 50.3 Å². The van der Waals surface area contributed by atoms with E-state index in [1.54, 1.807) is 0 Å². The Labute approximate surface area is 167 Å². The molecule has 1 aliphatic heterocycles. The Morgan fingerprint density at radius 3 is 2.86 bits per heavy atom. The maximum absolute atomic E-state index is 12.6. The van der Waals surface area contributed by atoms with Crippen molar-refractivity contribution < 1.29 is 4.79 Å². The van der Waals surface area contributed by atoms with Crippen molar-refractivity contribution in [3.05, 3.63) is 41.6 Å². The molecule has 5 nitrogen and oxygen atoms in total. The predicted octanol–water partition coefficient (Wildman–Crippen LogP) is 3.77. The molecule has 2 aromatic rings. The maximum atomic E-state index is 12.6. The van der Waals surface area contributed by atoms with Gasteiger partial charge in [0.1, 0.15) is 5.82 Å². The number of aryl methyl sites for hydroxylation is 1. The fourth-order valence-corrected chi connectivity index (χ4v) is 4.31. The standard InChI is InChI=1S/C23H30N4O/c1-2-3-14-24-23(28)18-11-8-15-27(16-18)22-19-12-7-13-20(19)25-21(26-22)17-9-5-4-6-10-17/h4-6,9-10,18H,2-3,7-8,11-16H2,1H3,(H,24,28)/t18-/m0/s1. The minimum Gasteiger partial charge on any atom is -0.356 e. The second-order valence-electron chi connectivity index (χ2n) is 7.95. The van der Waals surface area contributed by atoms with E-state index < -0.39 is 0 Å². The predicted molar refractivity (Wildman–Crippen MR) is 112 cm³/mol. The summed E-state index contributed by atoms with van der Waals surface area (Å²) in [6, 6.07) is 10.2. The number of piperidine rings is 1. The zero-order chi connectivity index (χ0) is 19.3.